The number of aryl methyl sites for hydroxylation is 1. The summed E-state index contributed by atoms with van der Waals surface area (Å²) in [6, 6.07) is 5.87. The first-order valence-electron chi connectivity index (χ1n) is 11.0. The number of Topliss-reactive ketones (excluding diaryl/α,β-unsaturated/α-hetero) is 1. The summed E-state index contributed by atoms with van der Waals surface area (Å²) >= 11 is 0. The largest absolute Gasteiger partial charge is 0.434 e. The fraction of sp³-hybridized carbons (Fsp3) is 0.292. The minimum atomic E-state index is -4.69. The second-order valence-electron chi connectivity index (χ2n) is 8.42. The monoisotopic (exact) mass is 543 g/mol. The number of nitrogens with zero attached hydrogens (tertiary/aromatic N) is 3. The van der Waals surface area contributed by atoms with Crippen LogP contribution in [0.4, 0.5) is 26.3 Å². The Kier molecular flexibility index (Phi) is 7.38. The van der Waals surface area contributed by atoms with Crippen molar-refractivity contribution < 1.29 is 39.6 Å². The maximum atomic E-state index is 14.6. The summed E-state index contributed by atoms with van der Waals surface area (Å²) in [6.07, 6.45) is -5.71. The molecule has 1 saturated heterocycles. The highest BCUT2D eigenvalue weighted by Crippen LogP contribution is 2.31. The van der Waals surface area contributed by atoms with Crippen molar-refractivity contribution in [3.8, 4) is 11.3 Å². The maximum absolute atomic E-state index is 14.6. The van der Waals surface area contributed by atoms with E-state index in [4.69, 9.17) is 0 Å². The van der Waals surface area contributed by atoms with E-state index in [0.717, 1.165) is 46.9 Å². The second kappa shape index (κ2) is 10.2. The number of alkyl halides is 4. The Morgan fingerprint density at radius 2 is 1.70 bits per heavy atom. The van der Waals surface area contributed by atoms with Gasteiger partial charge >= 0.3 is 6.18 Å². The molecule has 0 radical (unpaired) electrons. The van der Waals surface area contributed by atoms with Crippen LogP contribution in [0.3, 0.4) is 0 Å². The Morgan fingerprint density at radius 3 is 2.32 bits per heavy atom. The molecule has 1 aliphatic heterocycles. The van der Waals surface area contributed by atoms with Gasteiger partial charge in [-0.05, 0) is 60.9 Å². The summed E-state index contributed by atoms with van der Waals surface area (Å²) in [7, 11) is -4.28. The number of benzene rings is 2. The van der Waals surface area contributed by atoms with E-state index in [2.05, 4.69) is 9.97 Å². The molecular formula is C24H19F6N3O3S. The average Bonchev–Trinajstić information content (AvgIpc) is 3.24. The van der Waals surface area contributed by atoms with Gasteiger partial charge in [-0.3, -0.25) is 9.78 Å². The van der Waals surface area contributed by atoms with Crippen LogP contribution in [0.25, 0.3) is 11.3 Å². The third-order valence-corrected chi connectivity index (χ3v) is 7.78. The first kappa shape index (κ1) is 26.7. The minimum Gasteiger partial charge on any atom is -0.298 e. The van der Waals surface area contributed by atoms with Gasteiger partial charge in [0.2, 0.25) is 10.0 Å². The van der Waals surface area contributed by atoms with Crippen LogP contribution in [-0.2, 0) is 27.4 Å². The number of ketones is 1. The fourth-order valence-corrected chi connectivity index (χ4v) is 5.73. The van der Waals surface area contributed by atoms with Gasteiger partial charge in [-0.15, -0.1) is 0 Å². The van der Waals surface area contributed by atoms with E-state index < -0.39 is 51.5 Å². The Bertz CT molecular complexity index is 1400. The number of aromatic nitrogens is 2. The minimum absolute atomic E-state index is 0.0312. The number of hydrogen-bond donors (Lipinski definition) is 0. The highest BCUT2D eigenvalue weighted by atomic mass is 32.2. The van der Waals surface area contributed by atoms with E-state index in [9.17, 15) is 39.6 Å². The van der Waals surface area contributed by atoms with Crippen molar-refractivity contribution >= 4 is 15.8 Å². The summed E-state index contributed by atoms with van der Waals surface area (Å²) in [5, 5.41) is 0. The molecule has 2 atom stereocenters. The van der Waals surface area contributed by atoms with Crippen LogP contribution in [-0.4, -0.2) is 47.2 Å². The van der Waals surface area contributed by atoms with Crippen molar-refractivity contribution in [3.05, 3.63) is 77.8 Å². The van der Waals surface area contributed by atoms with Gasteiger partial charge in [0.15, 0.2) is 11.5 Å². The Morgan fingerprint density at radius 1 is 1.00 bits per heavy atom. The van der Waals surface area contributed by atoms with Crippen molar-refractivity contribution in [2.75, 3.05) is 6.54 Å². The van der Waals surface area contributed by atoms with Crippen LogP contribution in [0, 0.1) is 11.6 Å². The molecule has 2 aromatic carbocycles. The van der Waals surface area contributed by atoms with Gasteiger partial charge in [-0.25, -0.2) is 26.6 Å². The molecule has 1 fully saturated rings. The van der Waals surface area contributed by atoms with Crippen LogP contribution < -0.4 is 0 Å². The van der Waals surface area contributed by atoms with E-state index in [1.54, 1.807) is 0 Å². The second-order valence-corrected chi connectivity index (χ2v) is 10.3. The molecular weight excluding hydrogens is 524 g/mol. The van der Waals surface area contributed by atoms with Gasteiger partial charge in [0.25, 0.3) is 0 Å². The number of halogens is 6. The van der Waals surface area contributed by atoms with Crippen molar-refractivity contribution in [2.24, 2.45) is 0 Å². The molecule has 0 aliphatic carbocycles. The maximum Gasteiger partial charge on any atom is 0.434 e. The highest BCUT2D eigenvalue weighted by molar-refractivity contribution is 7.89. The van der Waals surface area contributed by atoms with E-state index in [0.29, 0.717) is 6.20 Å². The summed E-state index contributed by atoms with van der Waals surface area (Å²) in [5.74, 6) is -2.13. The number of hydrogen-bond acceptors (Lipinski definition) is 5. The van der Waals surface area contributed by atoms with Crippen LogP contribution in [0.15, 0.2) is 59.8 Å². The van der Waals surface area contributed by atoms with Crippen molar-refractivity contribution in [2.45, 2.75) is 42.5 Å². The van der Waals surface area contributed by atoms with Crippen LogP contribution in [0.5, 0.6) is 0 Å². The zero-order valence-corrected chi connectivity index (χ0v) is 19.7. The van der Waals surface area contributed by atoms with Gasteiger partial charge in [0.1, 0.15) is 23.8 Å². The molecule has 0 spiro atoms. The van der Waals surface area contributed by atoms with Crippen LogP contribution in [0.2, 0.25) is 0 Å². The molecule has 2 heterocycles. The van der Waals surface area contributed by atoms with E-state index in [1.807, 2.05) is 0 Å². The first-order valence-corrected chi connectivity index (χ1v) is 12.4. The fourth-order valence-electron chi connectivity index (χ4n) is 4.08. The average molecular weight is 543 g/mol. The topological polar surface area (TPSA) is 80.2 Å². The van der Waals surface area contributed by atoms with Gasteiger partial charge in [0.05, 0.1) is 23.0 Å². The Balaban J connectivity index is 1.51. The lowest BCUT2D eigenvalue weighted by molar-refractivity contribution is -0.141. The molecule has 4 rings (SSSR count). The summed E-state index contributed by atoms with van der Waals surface area (Å²) < 4.78 is 107. The lowest BCUT2D eigenvalue weighted by Crippen LogP contribution is -2.44. The van der Waals surface area contributed by atoms with Gasteiger partial charge in [0, 0.05) is 18.5 Å². The molecule has 6 nitrogen and oxygen atoms in total. The third kappa shape index (κ3) is 5.82. The zero-order chi connectivity index (χ0) is 27.0. The lowest BCUT2D eigenvalue weighted by atomic mass is 9.99. The summed E-state index contributed by atoms with van der Waals surface area (Å²) in [4.78, 5) is 19.6. The summed E-state index contributed by atoms with van der Waals surface area (Å²) in [6.45, 7) is -0.242. The van der Waals surface area contributed by atoms with Crippen LogP contribution >= 0.6 is 0 Å². The van der Waals surface area contributed by atoms with Crippen molar-refractivity contribution in [1.82, 2.24) is 14.3 Å². The first-order chi connectivity index (χ1) is 17.4. The Hall–Kier alpha value is -3.32. The van der Waals surface area contributed by atoms with Crippen molar-refractivity contribution in [1.29, 1.82) is 0 Å². The number of carbonyl (C=O) groups is 1. The number of rotatable bonds is 7. The van der Waals surface area contributed by atoms with Gasteiger partial charge < -0.3 is 0 Å². The molecule has 1 aliphatic rings. The quantitative estimate of drug-likeness (QED) is 0.402. The Labute approximate surface area is 208 Å². The molecule has 0 N–H and O–H groups in total. The van der Waals surface area contributed by atoms with E-state index in [-0.39, 0.29) is 47.5 Å². The number of carbonyl (C=O) groups excluding carboxylic acids is 1. The highest BCUT2D eigenvalue weighted by Gasteiger charge is 2.45. The van der Waals surface area contributed by atoms with Gasteiger partial charge in [-0.1, -0.05) is 0 Å². The van der Waals surface area contributed by atoms with E-state index >= 15 is 0 Å². The lowest BCUT2D eigenvalue weighted by Gasteiger charge is -2.24. The molecule has 0 amide bonds. The standard InChI is InChI=1S/C24H19F6N3O3S/c25-16-2-4-18(5-3-16)37(35,36)33-8-7-19(27)23(33)21(34)6-1-14-9-15(11-17(26)10-14)20-12-32-22(13-31-20)24(28,29)30/h2-5,9-13,19,23H,1,6-8H2/t19-,23-/m0/s1. The van der Waals surface area contributed by atoms with E-state index in [1.165, 1.54) is 6.07 Å². The smallest absolute Gasteiger partial charge is 0.298 e. The summed E-state index contributed by atoms with van der Waals surface area (Å²) in [5.41, 5.74) is -0.855. The molecule has 0 saturated carbocycles. The van der Waals surface area contributed by atoms with Crippen LogP contribution in [0.1, 0.15) is 24.1 Å². The molecule has 13 heteroatoms. The molecule has 0 bridgehead atoms. The third-order valence-electron chi connectivity index (χ3n) is 5.88. The normalized spacial score (nSPS) is 18.8. The van der Waals surface area contributed by atoms with Gasteiger partial charge in [-0.2, -0.15) is 17.5 Å². The predicted molar refractivity (Wildman–Crippen MR) is 119 cm³/mol. The molecule has 1 aromatic heterocycles. The van der Waals surface area contributed by atoms with Crippen molar-refractivity contribution in [3.63, 3.8) is 0 Å². The molecule has 0 unspecified atom stereocenters. The molecule has 3 aromatic rings. The zero-order valence-electron chi connectivity index (χ0n) is 18.9. The SMILES string of the molecule is O=C(CCc1cc(F)cc(-c2cnc(C(F)(F)F)cn2)c1)[C@@H]1[C@@H](F)CCN1S(=O)(=O)c1ccc(F)cc1. The predicted octanol–water partition coefficient (Wildman–Crippen LogP) is 4.74. The number of sulfonamides is 1. The molecule has 196 valence electrons. The molecule has 37 heavy (non-hydrogen) atoms.